The van der Waals surface area contributed by atoms with E-state index in [0.29, 0.717) is 19.0 Å². The van der Waals surface area contributed by atoms with E-state index in [9.17, 15) is 4.79 Å². The van der Waals surface area contributed by atoms with Gasteiger partial charge in [-0.05, 0) is 58.9 Å². The molecule has 3 aromatic heterocycles. The number of fused-ring (bicyclic) bond motifs is 3. The van der Waals surface area contributed by atoms with Crippen molar-refractivity contribution >= 4 is 27.5 Å². The van der Waals surface area contributed by atoms with Gasteiger partial charge in [-0.3, -0.25) is 14.0 Å². The predicted molar refractivity (Wildman–Crippen MR) is 111 cm³/mol. The summed E-state index contributed by atoms with van der Waals surface area (Å²) in [6.45, 7) is 10.3. The Morgan fingerprint density at radius 2 is 1.93 bits per heavy atom. The number of nitrogens with zero attached hydrogens (tertiary/aromatic N) is 4. The molecule has 0 saturated carbocycles. The van der Waals surface area contributed by atoms with Crippen LogP contribution < -0.4 is 10.9 Å². The summed E-state index contributed by atoms with van der Waals surface area (Å²) in [5, 5.41) is 8.86. The third-order valence-electron chi connectivity index (χ3n) is 5.65. The predicted octanol–water partition coefficient (Wildman–Crippen LogP) is 3.80. The number of hydrogen-bond donors (Lipinski definition) is 1. The van der Waals surface area contributed by atoms with Crippen LogP contribution in [-0.2, 0) is 32.5 Å². The molecule has 0 radical (unpaired) electrons. The van der Waals surface area contributed by atoms with E-state index >= 15 is 0 Å². The molecule has 1 aliphatic carbocycles. The van der Waals surface area contributed by atoms with Gasteiger partial charge in [0.1, 0.15) is 4.83 Å². The van der Waals surface area contributed by atoms with E-state index in [1.165, 1.54) is 34.5 Å². The normalized spacial score (nSPS) is 13.9. The van der Waals surface area contributed by atoms with E-state index < -0.39 is 0 Å². The summed E-state index contributed by atoms with van der Waals surface area (Å²) < 4.78 is 3.79. The molecule has 6 nitrogen and oxygen atoms in total. The maximum absolute atomic E-state index is 13.2. The van der Waals surface area contributed by atoms with E-state index in [4.69, 9.17) is 4.98 Å². The quantitative estimate of drug-likeness (QED) is 0.725. The van der Waals surface area contributed by atoms with Crippen molar-refractivity contribution < 1.29 is 0 Å². The van der Waals surface area contributed by atoms with Crippen molar-refractivity contribution in [1.82, 2.24) is 19.3 Å². The lowest BCUT2D eigenvalue weighted by Gasteiger charge is -2.14. The number of aromatic nitrogens is 4. The molecule has 0 amide bonds. The molecule has 0 bridgehead atoms. The van der Waals surface area contributed by atoms with Crippen molar-refractivity contribution in [2.45, 2.75) is 73.0 Å². The number of hydrogen-bond acceptors (Lipinski definition) is 5. The highest BCUT2D eigenvalue weighted by Gasteiger charge is 2.22. The third-order valence-corrected chi connectivity index (χ3v) is 6.83. The highest BCUT2D eigenvalue weighted by molar-refractivity contribution is 7.18. The summed E-state index contributed by atoms with van der Waals surface area (Å²) in [6, 6.07) is 0. The summed E-state index contributed by atoms with van der Waals surface area (Å²) in [5.74, 6) is 0.664. The Hall–Kier alpha value is -2.15. The molecule has 0 aliphatic heterocycles. The minimum Gasteiger partial charge on any atom is -0.351 e. The van der Waals surface area contributed by atoms with Crippen LogP contribution in [0, 0.1) is 13.8 Å². The topological polar surface area (TPSA) is 64.7 Å². The molecule has 0 saturated heterocycles. The van der Waals surface area contributed by atoms with E-state index in [0.717, 1.165) is 35.3 Å². The minimum absolute atomic E-state index is 0.0992. The molecule has 27 heavy (non-hydrogen) atoms. The average Bonchev–Trinajstić information content (AvgIpc) is 3.17. The molecule has 7 heteroatoms. The van der Waals surface area contributed by atoms with Crippen LogP contribution in [0.25, 0.3) is 10.2 Å². The van der Waals surface area contributed by atoms with E-state index in [2.05, 4.69) is 24.3 Å². The molecule has 0 atom stereocenters. The lowest BCUT2D eigenvalue weighted by atomic mass is 9.97. The van der Waals surface area contributed by atoms with Crippen LogP contribution in [0.15, 0.2) is 4.79 Å². The first-order valence-corrected chi connectivity index (χ1v) is 10.7. The summed E-state index contributed by atoms with van der Waals surface area (Å²) in [7, 11) is 0. The Labute approximate surface area is 163 Å². The first-order chi connectivity index (χ1) is 13.0. The van der Waals surface area contributed by atoms with Gasteiger partial charge in [-0.1, -0.05) is 0 Å². The van der Waals surface area contributed by atoms with Gasteiger partial charge in [0.15, 0.2) is 0 Å². The van der Waals surface area contributed by atoms with Crippen molar-refractivity contribution in [2.24, 2.45) is 0 Å². The van der Waals surface area contributed by atoms with Crippen LogP contribution in [0.4, 0.5) is 5.95 Å². The Morgan fingerprint density at radius 1 is 1.15 bits per heavy atom. The molecule has 1 N–H and O–H groups in total. The second-order valence-corrected chi connectivity index (χ2v) is 8.28. The fourth-order valence-electron chi connectivity index (χ4n) is 4.13. The van der Waals surface area contributed by atoms with Crippen molar-refractivity contribution in [3.05, 3.63) is 37.7 Å². The largest absolute Gasteiger partial charge is 0.351 e. The van der Waals surface area contributed by atoms with Crippen LogP contribution >= 0.6 is 11.3 Å². The molecule has 1 aliphatic rings. The molecule has 4 rings (SSSR count). The fraction of sp³-hybridized carbons (Fsp3) is 0.550. The van der Waals surface area contributed by atoms with Gasteiger partial charge in [0.2, 0.25) is 5.95 Å². The van der Waals surface area contributed by atoms with Crippen molar-refractivity contribution in [3.8, 4) is 0 Å². The Balaban J connectivity index is 1.74. The molecule has 0 unspecified atom stereocenters. The third kappa shape index (κ3) is 2.98. The summed E-state index contributed by atoms with van der Waals surface area (Å²) in [4.78, 5) is 20.3. The molecule has 0 spiro atoms. The standard InChI is InChI=1S/C20H27N5OS/c1-5-24-19(26)17-14-9-7-8-10-16(14)27-18(17)22-20(24)21-11-15-12(3)23-25(6-2)13(15)4/h5-11H2,1-4H3,(H,21,22). The summed E-state index contributed by atoms with van der Waals surface area (Å²) in [6.07, 6.45) is 4.48. The van der Waals surface area contributed by atoms with Crippen LogP contribution in [0.2, 0.25) is 0 Å². The van der Waals surface area contributed by atoms with Crippen LogP contribution in [0.3, 0.4) is 0 Å². The summed E-state index contributed by atoms with van der Waals surface area (Å²) in [5.41, 5.74) is 4.73. The Morgan fingerprint density at radius 3 is 2.63 bits per heavy atom. The zero-order chi connectivity index (χ0) is 19.1. The molecule has 3 heterocycles. The highest BCUT2D eigenvalue weighted by atomic mass is 32.1. The zero-order valence-electron chi connectivity index (χ0n) is 16.6. The van der Waals surface area contributed by atoms with Gasteiger partial charge in [-0.2, -0.15) is 5.10 Å². The van der Waals surface area contributed by atoms with Crippen molar-refractivity contribution in [2.75, 3.05) is 5.32 Å². The lowest BCUT2D eigenvalue weighted by Crippen LogP contribution is -2.25. The fourth-order valence-corrected chi connectivity index (χ4v) is 5.38. The molecular formula is C20H27N5OS. The first kappa shape index (κ1) is 18.2. The van der Waals surface area contributed by atoms with Gasteiger partial charge >= 0.3 is 0 Å². The van der Waals surface area contributed by atoms with Crippen molar-refractivity contribution in [1.29, 1.82) is 0 Å². The van der Waals surface area contributed by atoms with E-state index in [1.54, 1.807) is 15.9 Å². The number of rotatable bonds is 5. The Bertz CT molecular complexity index is 1060. The van der Waals surface area contributed by atoms with Crippen LogP contribution in [-0.4, -0.2) is 19.3 Å². The molecular weight excluding hydrogens is 358 g/mol. The number of anilines is 1. The van der Waals surface area contributed by atoms with E-state index in [-0.39, 0.29) is 5.56 Å². The maximum atomic E-state index is 13.2. The van der Waals surface area contributed by atoms with Gasteiger partial charge in [0, 0.05) is 35.8 Å². The summed E-state index contributed by atoms with van der Waals surface area (Å²) >= 11 is 1.70. The molecule has 0 fully saturated rings. The lowest BCUT2D eigenvalue weighted by molar-refractivity contribution is 0.633. The molecule has 144 valence electrons. The minimum atomic E-state index is 0.0992. The van der Waals surface area contributed by atoms with E-state index in [1.807, 2.05) is 18.5 Å². The van der Waals surface area contributed by atoms with Gasteiger partial charge < -0.3 is 5.32 Å². The average molecular weight is 386 g/mol. The van der Waals surface area contributed by atoms with Crippen LogP contribution in [0.5, 0.6) is 0 Å². The maximum Gasteiger partial charge on any atom is 0.263 e. The smallest absolute Gasteiger partial charge is 0.263 e. The monoisotopic (exact) mass is 385 g/mol. The first-order valence-electron chi connectivity index (χ1n) is 9.86. The van der Waals surface area contributed by atoms with Gasteiger partial charge in [-0.15, -0.1) is 11.3 Å². The van der Waals surface area contributed by atoms with Crippen LogP contribution in [0.1, 0.15) is 54.1 Å². The Kier molecular flexibility index (Phi) is 4.80. The van der Waals surface area contributed by atoms with Gasteiger partial charge in [0.05, 0.1) is 11.1 Å². The second kappa shape index (κ2) is 7.11. The number of thiophene rings is 1. The number of nitrogens with one attached hydrogen (secondary N) is 1. The van der Waals surface area contributed by atoms with Crippen molar-refractivity contribution in [3.63, 3.8) is 0 Å². The van der Waals surface area contributed by atoms with Gasteiger partial charge in [0.25, 0.3) is 5.56 Å². The SMILES string of the molecule is CCn1nc(C)c(CNc2nc3sc4c(c3c(=O)n2CC)CCCC4)c1C. The molecule has 0 aromatic carbocycles. The highest BCUT2D eigenvalue weighted by Crippen LogP contribution is 2.34. The van der Waals surface area contributed by atoms with Gasteiger partial charge in [-0.25, -0.2) is 4.98 Å². The molecule has 3 aromatic rings. The number of aryl methyl sites for hydroxylation is 4. The second-order valence-electron chi connectivity index (χ2n) is 7.19. The zero-order valence-corrected chi connectivity index (χ0v) is 17.4.